The molecule has 1 aliphatic rings. The van der Waals surface area contributed by atoms with Gasteiger partial charge in [-0.15, -0.1) is 0 Å². The van der Waals surface area contributed by atoms with Gasteiger partial charge in [0, 0.05) is 16.0 Å². The fourth-order valence-corrected chi connectivity index (χ4v) is 5.23. The number of hydrogen-bond acceptors (Lipinski definition) is 3. The van der Waals surface area contributed by atoms with Crippen molar-refractivity contribution >= 4 is 40.9 Å². The molecule has 32 heavy (non-hydrogen) atoms. The van der Waals surface area contributed by atoms with Gasteiger partial charge >= 0.3 is 5.97 Å². The maximum atomic E-state index is 13.8. The number of carbonyl (C=O) groups is 3. The van der Waals surface area contributed by atoms with E-state index in [1.165, 1.54) is 6.92 Å². The molecule has 3 rings (SSSR count). The number of halogens is 2. The van der Waals surface area contributed by atoms with Crippen LogP contribution in [0.5, 0.6) is 0 Å². The van der Waals surface area contributed by atoms with Crippen LogP contribution in [0.3, 0.4) is 0 Å². The first kappa shape index (κ1) is 24.3. The zero-order valence-electron chi connectivity index (χ0n) is 18.3. The largest absolute Gasteiger partial charge is 0.481 e. The van der Waals surface area contributed by atoms with Crippen molar-refractivity contribution in [2.75, 3.05) is 0 Å². The quantitative estimate of drug-likeness (QED) is 0.540. The predicted molar refractivity (Wildman–Crippen MR) is 125 cm³/mol. The third-order valence-electron chi connectivity index (χ3n) is 6.32. The van der Waals surface area contributed by atoms with E-state index < -0.39 is 23.5 Å². The highest BCUT2D eigenvalue weighted by molar-refractivity contribution is 6.30. The minimum atomic E-state index is -1.16. The van der Waals surface area contributed by atoms with Crippen LogP contribution in [0.1, 0.15) is 63.1 Å². The molecule has 7 heteroatoms. The molecule has 1 fully saturated rings. The summed E-state index contributed by atoms with van der Waals surface area (Å²) in [6.07, 6.45) is 0.425. The molecule has 5 nitrogen and oxygen atoms in total. The molecule has 2 aromatic carbocycles. The van der Waals surface area contributed by atoms with Gasteiger partial charge < -0.3 is 10.0 Å². The molecule has 1 saturated heterocycles. The van der Waals surface area contributed by atoms with Crippen LogP contribution in [-0.4, -0.2) is 33.7 Å². The molecule has 170 valence electrons. The van der Waals surface area contributed by atoms with E-state index in [0.29, 0.717) is 22.9 Å². The van der Waals surface area contributed by atoms with Gasteiger partial charge in [0.05, 0.1) is 23.9 Å². The van der Waals surface area contributed by atoms with Crippen LogP contribution >= 0.6 is 23.2 Å². The Kier molecular flexibility index (Phi) is 7.31. The van der Waals surface area contributed by atoms with Gasteiger partial charge in [-0.3, -0.25) is 14.4 Å². The summed E-state index contributed by atoms with van der Waals surface area (Å²) >= 11 is 12.4. The van der Waals surface area contributed by atoms with E-state index in [2.05, 4.69) is 0 Å². The molecular formula is C25H27Cl2NO4. The molecule has 0 aromatic heterocycles. The fourth-order valence-electron chi connectivity index (χ4n) is 4.90. The molecule has 2 aromatic rings. The van der Waals surface area contributed by atoms with Crippen LogP contribution < -0.4 is 0 Å². The average Bonchev–Trinajstić information content (AvgIpc) is 2.71. The molecule has 0 saturated carbocycles. The highest BCUT2D eigenvalue weighted by atomic mass is 35.5. The van der Waals surface area contributed by atoms with Crippen molar-refractivity contribution in [2.45, 2.75) is 58.0 Å². The van der Waals surface area contributed by atoms with Crippen molar-refractivity contribution < 1.29 is 19.5 Å². The summed E-state index contributed by atoms with van der Waals surface area (Å²) in [5, 5.41) is 10.7. The molecule has 1 aliphatic heterocycles. The Morgan fingerprint density at radius 3 is 2.31 bits per heavy atom. The molecule has 0 aliphatic carbocycles. The number of carbonyl (C=O) groups excluding carboxylic acids is 2. The number of rotatable bonds is 7. The Balaban J connectivity index is 2.26. The van der Waals surface area contributed by atoms with Crippen LogP contribution in [0.4, 0.5) is 0 Å². The minimum Gasteiger partial charge on any atom is -0.481 e. The van der Waals surface area contributed by atoms with Crippen molar-refractivity contribution in [3.05, 3.63) is 69.7 Å². The first-order valence-electron chi connectivity index (χ1n) is 10.6. The third-order valence-corrected chi connectivity index (χ3v) is 6.81. The summed E-state index contributed by atoms with van der Waals surface area (Å²) in [6, 6.07) is 13.5. The fraction of sp³-hybridized carbons (Fsp3) is 0.400. The van der Waals surface area contributed by atoms with Crippen molar-refractivity contribution in [3.8, 4) is 0 Å². The number of likely N-dealkylation sites (tertiary alicyclic amines) is 1. The number of carboxylic acids is 1. The number of amides is 1. The second kappa shape index (κ2) is 9.63. The van der Waals surface area contributed by atoms with E-state index in [1.807, 2.05) is 37.3 Å². The van der Waals surface area contributed by atoms with Gasteiger partial charge in [0.1, 0.15) is 0 Å². The van der Waals surface area contributed by atoms with E-state index in [9.17, 15) is 19.5 Å². The minimum absolute atomic E-state index is 0.135. The van der Waals surface area contributed by atoms with Crippen LogP contribution in [0.25, 0.3) is 0 Å². The predicted octanol–water partition coefficient (Wildman–Crippen LogP) is 5.90. The summed E-state index contributed by atoms with van der Waals surface area (Å²) in [7, 11) is 0. The third kappa shape index (κ3) is 4.84. The Bertz CT molecular complexity index is 1020. The number of hydrogen-bond donors (Lipinski definition) is 1. The number of nitrogens with zero attached hydrogens (tertiary/aromatic N) is 1. The van der Waals surface area contributed by atoms with Crippen molar-refractivity contribution in [1.82, 2.24) is 4.90 Å². The molecule has 0 unspecified atom stereocenters. The molecule has 1 amide bonds. The van der Waals surface area contributed by atoms with Gasteiger partial charge in [-0.1, -0.05) is 61.3 Å². The molecule has 1 heterocycles. The first-order chi connectivity index (χ1) is 15.1. The molecular weight excluding hydrogens is 449 g/mol. The molecule has 0 spiro atoms. The SMILES string of the molecule is CC[C@H](C(C)=O)N1C(=O)[C@](C)(CC(=O)O)C[C@H](c2cccc(Cl)c2)[C@H]1c1ccc(Cl)cc1. The summed E-state index contributed by atoms with van der Waals surface area (Å²) < 4.78 is 0. The van der Waals surface area contributed by atoms with Crippen molar-refractivity contribution in [3.63, 3.8) is 0 Å². The monoisotopic (exact) mass is 475 g/mol. The Morgan fingerprint density at radius 1 is 1.12 bits per heavy atom. The van der Waals surface area contributed by atoms with E-state index in [0.717, 1.165) is 11.1 Å². The number of ketones is 1. The van der Waals surface area contributed by atoms with Gasteiger partial charge in [-0.25, -0.2) is 0 Å². The normalized spacial score (nSPS) is 24.3. The highest BCUT2D eigenvalue weighted by Gasteiger charge is 2.52. The standard InChI is InChI=1S/C25H27Cl2NO4/c1-4-21(15(2)29)28-23(16-8-10-18(26)11-9-16)20(17-6-5-7-19(27)12-17)13-25(3,24(28)32)14-22(30)31/h5-12,20-21,23H,4,13-14H2,1-3H3,(H,30,31)/t20-,21-,23-,25+/m1/s1. The number of Topliss-reactive ketones (excluding diaryl/α,β-unsaturated/α-hetero) is 1. The van der Waals surface area contributed by atoms with Crippen LogP contribution in [0.2, 0.25) is 10.0 Å². The molecule has 0 radical (unpaired) electrons. The lowest BCUT2D eigenvalue weighted by Crippen LogP contribution is -2.57. The summed E-state index contributed by atoms with van der Waals surface area (Å²) in [6.45, 7) is 5.01. The summed E-state index contributed by atoms with van der Waals surface area (Å²) in [5.74, 6) is -1.76. The van der Waals surface area contributed by atoms with E-state index >= 15 is 0 Å². The second-order valence-electron chi connectivity index (χ2n) is 8.74. The van der Waals surface area contributed by atoms with Crippen LogP contribution in [-0.2, 0) is 14.4 Å². The molecule has 4 atom stereocenters. The summed E-state index contributed by atoms with van der Waals surface area (Å²) in [5.41, 5.74) is 0.569. The van der Waals surface area contributed by atoms with Crippen molar-refractivity contribution in [1.29, 1.82) is 0 Å². The van der Waals surface area contributed by atoms with E-state index in [1.54, 1.807) is 30.0 Å². The maximum absolute atomic E-state index is 13.8. The number of aliphatic carboxylic acids is 1. The number of benzene rings is 2. The van der Waals surface area contributed by atoms with E-state index in [-0.39, 0.29) is 24.0 Å². The lowest BCUT2D eigenvalue weighted by molar-refractivity contribution is -0.162. The average molecular weight is 476 g/mol. The second-order valence-corrected chi connectivity index (χ2v) is 9.61. The lowest BCUT2D eigenvalue weighted by Gasteiger charge is -2.51. The lowest BCUT2D eigenvalue weighted by atomic mass is 9.67. The number of piperidine rings is 1. The Hall–Kier alpha value is -2.37. The van der Waals surface area contributed by atoms with Gasteiger partial charge in [0.25, 0.3) is 0 Å². The van der Waals surface area contributed by atoms with Gasteiger partial charge in [-0.05, 0) is 55.2 Å². The van der Waals surface area contributed by atoms with Gasteiger partial charge in [0.15, 0.2) is 5.78 Å². The van der Waals surface area contributed by atoms with Crippen LogP contribution in [0.15, 0.2) is 48.5 Å². The summed E-state index contributed by atoms with van der Waals surface area (Å²) in [4.78, 5) is 39.8. The Morgan fingerprint density at radius 2 is 1.78 bits per heavy atom. The smallest absolute Gasteiger partial charge is 0.304 e. The van der Waals surface area contributed by atoms with Crippen LogP contribution in [0, 0.1) is 5.41 Å². The van der Waals surface area contributed by atoms with Gasteiger partial charge in [-0.2, -0.15) is 0 Å². The molecule has 1 N–H and O–H groups in total. The number of carboxylic acid groups (broad SMARTS) is 1. The van der Waals surface area contributed by atoms with Crippen molar-refractivity contribution in [2.24, 2.45) is 5.41 Å². The Labute approximate surface area is 198 Å². The molecule has 0 bridgehead atoms. The zero-order chi connectivity index (χ0) is 23.6. The highest BCUT2D eigenvalue weighted by Crippen LogP contribution is 2.52. The van der Waals surface area contributed by atoms with E-state index in [4.69, 9.17) is 23.2 Å². The zero-order valence-corrected chi connectivity index (χ0v) is 19.9. The maximum Gasteiger partial charge on any atom is 0.304 e. The first-order valence-corrected chi connectivity index (χ1v) is 11.4. The topological polar surface area (TPSA) is 74.7 Å². The van der Waals surface area contributed by atoms with Gasteiger partial charge in [0.2, 0.25) is 5.91 Å².